The van der Waals surface area contributed by atoms with Gasteiger partial charge >= 0.3 is 0 Å². The Morgan fingerprint density at radius 1 is 1.33 bits per heavy atom. The van der Waals surface area contributed by atoms with E-state index in [-0.39, 0.29) is 29.6 Å². The van der Waals surface area contributed by atoms with E-state index in [1.165, 1.54) is 0 Å². The molecule has 1 heterocycles. The average molecular weight is 268 g/mol. The molecule has 2 aromatic rings. The predicted molar refractivity (Wildman–Crippen MR) is 63.8 cm³/mol. The molecule has 1 aromatic heterocycles. The highest BCUT2D eigenvalue weighted by Gasteiger charge is 2.13. The monoisotopic (exact) mass is 268 g/mol. The SMILES string of the molecule is CS(=O)(=O)Cc1noc(Cc2ccccc2O)n1. The minimum absolute atomic E-state index is 0.128. The van der Waals surface area contributed by atoms with E-state index in [0.29, 0.717) is 5.56 Å². The number of aromatic hydroxyl groups is 1. The lowest BCUT2D eigenvalue weighted by atomic mass is 10.1. The maximum atomic E-state index is 11.1. The van der Waals surface area contributed by atoms with E-state index in [9.17, 15) is 13.5 Å². The lowest BCUT2D eigenvalue weighted by Gasteiger charge is -1.99. The number of sulfone groups is 1. The topological polar surface area (TPSA) is 93.3 Å². The molecule has 0 aliphatic heterocycles. The molecule has 0 saturated heterocycles. The Labute approximate surface area is 104 Å². The highest BCUT2D eigenvalue weighted by atomic mass is 32.2. The number of para-hydroxylation sites is 1. The second-order valence-electron chi connectivity index (χ2n) is 3.98. The molecule has 0 spiro atoms. The Morgan fingerprint density at radius 3 is 2.72 bits per heavy atom. The van der Waals surface area contributed by atoms with Crippen LogP contribution in [0.3, 0.4) is 0 Å². The van der Waals surface area contributed by atoms with Crippen molar-refractivity contribution in [3.05, 3.63) is 41.5 Å². The van der Waals surface area contributed by atoms with Gasteiger partial charge in [0.25, 0.3) is 0 Å². The first-order valence-corrected chi connectivity index (χ1v) is 7.26. The van der Waals surface area contributed by atoms with Crippen LogP contribution in [0.5, 0.6) is 5.75 Å². The third-order valence-electron chi connectivity index (χ3n) is 2.23. The maximum absolute atomic E-state index is 11.1. The highest BCUT2D eigenvalue weighted by molar-refractivity contribution is 7.89. The number of hydrogen-bond acceptors (Lipinski definition) is 6. The molecule has 0 radical (unpaired) electrons. The van der Waals surface area contributed by atoms with Crippen LogP contribution in [0.2, 0.25) is 0 Å². The van der Waals surface area contributed by atoms with Crippen molar-refractivity contribution < 1.29 is 18.0 Å². The van der Waals surface area contributed by atoms with Crippen LogP contribution in [0.25, 0.3) is 0 Å². The molecule has 0 fully saturated rings. The summed E-state index contributed by atoms with van der Waals surface area (Å²) in [4.78, 5) is 3.96. The molecule has 0 aliphatic rings. The van der Waals surface area contributed by atoms with Crippen molar-refractivity contribution >= 4 is 9.84 Å². The quantitative estimate of drug-likeness (QED) is 0.885. The van der Waals surface area contributed by atoms with Gasteiger partial charge in [-0.3, -0.25) is 0 Å². The summed E-state index contributed by atoms with van der Waals surface area (Å²) in [5.41, 5.74) is 0.645. The molecule has 0 atom stereocenters. The van der Waals surface area contributed by atoms with Crippen LogP contribution in [0.15, 0.2) is 28.8 Å². The van der Waals surface area contributed by atoms with Crippen molar-refractivity contribution in [2.45, 2.75) is 12.2 Å². The van der Waals surface area contributed by atoms with E-state index >= 15 is 0 Å². The lowest BCUT2D eigenvalue weighted by Crippen LogP contribution is -2.02. The molecule has 1 aromatic carbocycles. The zero-order valence-electron chi connectivity index (χ0n) is 9.70. The summed E-state index contributed by atoms with van der Waals surface area (Å²) in [7, 11) is -3.18. The summed E-state index contributed by atoms with van der Waals surface area (Å²) in [5.74, 6) is 0.288. The van der Waals surface area contributed by atoms with Crippen molar-refractivity contribution in [2.24, 2.45) is 0 Å². The maximum Gasteiger partial charge on any atom is 0.231 e. The van der Waals surface area contributed by atoms with E-state index in [1.807, 2.05) is 0 Å². The molecule has 18 heavy (non-hydrogen) atoms. The van der Waals surface area contributed by atoms with Crippen LogP contribution in [-0.4, -0.2) is 29.9 Å². The van der Waals surface area contributed by atoms with Crippen molar-refractivity contribution in [1.29, 1.82) is 0 Å². The van der Waals surface area contributed by atoms with Gasteiger partial charge in [0.1, 0.15) is 11.5 Å². The van der Waals surface area contributed by atoms with Gasteiger partial charge in [-0.15, -0.1) is 0 Å². The van der Waals surface area contributed by atoms with Crippen molar-refractivity contribution in [1.82, 2.24) is 10.1 Å². The Bertz CT molecular complexity index is 649. The predicted octanol–water partition coefficient (Wildman–Crippen LogP) is 0.911. The van der Waals surface area contributed by atoms with Gasteiger partial charge in [-0.05, 0) is 6.07 Å². The van der Waals surface area contributed by atoms with Crippen LogP contribution in [0.1, 0.15) is 17.3 Å². The van der Waals surface area contributed by atoms with E-state index in [4.69, 9.17) is 4.52 Å². The third kappa shape index (κ3) is 3.30. The van der Waals surface area contributed by atoms with Gasteiger partial charge in [-0.1, -0.05) is 23.4 Å². The molecule has 0 amide bonds. The summed E-state index contributed by atoms with van der Waals surface area (Å²) in [6, 6.07) is 6.78. The smallest absolute Gasteiger partial charge is 0.231 e. The average Bonchev–Trinajstić information content (AvgIpc) is 2.66. The number of benzene rings is 1. The number of nitrogens with zero attached hydrogens (tertiary/aromatic N) is 2. The van der Waals surface area contributed by atoms with Gasteiger partial charge < -0.3 is 9.63 Å². The van der Waals surface area contributed by atoms with Gasteiger partial charge in [-0.25, -0.2) is 8.42 Å². The molecule has 6 nitrogen and oxygen atoms in total. The fourth-order valence-corrected chi connectivity index (χ4v) is 2.06. The second kappa shape index (κ2) is 4.77. The fourth-order valence-electron chi connectivity index (χ4n) is 1.48. The summed E-state index contributed by atoms with van der Waals surface area (Å²) >= 11 is 0. The first-order valence-electron chi connectivity index (χ1n) is 5.20. The Hall–Kier alpha value is -1.89. The zero-order valence-corrected chi connectivity index (χ0v) is 10.5. The molecule has 1 N–H and O–H groups in total. The van der Waals surface area contributed by atoms with Crippen LogP contribution >= 0.6 is 0 Å². The molecule has 0 unspecified atom stereocenters. The first-order chi connectivity index (χ1) is 8.44. The minimum atomic E-state index is -3.18. The van der Waals surface area contributed by atoms with E-state index in [2.05, 4.69) is 10.1 Å². The molecule has 0 bridgehead atoms. The van der Waals surface area contributed by atoms with Gasteiger partial charge in [-0.2, -0.15) is 4.98 Å². The van der Waals surface area contributed by atoms with Crippen molar-refractivity contribution in [2.75, 3.05) is 6.26 Å². The molecule has 0 aliphatic carbocycles. The number of phenols is 1. The molecule has 7 heteroatoms. The van der Waals surface area contributed by atoms with Crippen molar-refractivity contribution in [3.8, 4) is 5.75 Å². The molecule has 2 rings (SSSR count). The summed E-state index contributed by atoms with van der Waals surface area (Å²) in [6.07, 6.45) is 1.37. The fraction of sp³-hybridized carbons (Fsp3) is 0.273. The van der Waals surface area contributed by atoms with Crippen LogP contribution in [0, 0.1) is 0 Å². The molecular weight excluding hydrogens is 256 g/mol. The zero-order chi connectivity index (χ0) is 13.2. The van der Waals surface area contributed by atoms with Crippen molar-refractivity contribution in [3.63, 3.8) is 0 Å². The summed E-state index contributed by atoms with van der Waals surface area (Å²) < 4.78 is 27.1. The first kappa shape index (κ1) is 12.6. The Kier molecular flexibility index (Phi) is 3.33. The largest absolute Gasteiger partial charge is 0.508 e. The normalized spacial score (nSPS) is 11.6. The summed E-state index contributed by atoms with van der Waals surface area (Å²) in [5, 5.41) is 13.2. The molecular formula is C11H12N2O4S. The number of aromatic nitrogens is 2. The Balaban J connectivity index is 2.14. The van der Waals surface area contributed by atoms with Gasteiger partial charge in [0.15, 0.2) is 15.7 Å². The molecule has 0 saturated carbocycles. The van der Waals surface area contributed by atoms with Crippen LogP contribution < -0.4 is 0 Å². The van der Waals surface area contributed by atoms with Gasteiger partial charge in [0.2, 0.25) is 5.89 Å². The lowest BCUT2D eigenvalue weighted by molar-refractivity contribution is 0.378. The third-order valence-corrected chi connectivity index (χ3v) is 3.02. The standard InChI is InChI=1S/C11H12N2O4S/c1-18(15,16)7-10-12-11(17-13-10)6-8-4-2-3-5-9(8)14/h2-5,14H,6-7H2,1H3. The second-order valence-corrected chi connectivity index (χ2v) is 6.12. The van der Waals surface area contributed by atoms with E-state index < -0.39 is 9.84 Å². The number of hydrogen-bond donors (Lipinski definition) is 1. The number of rotatable bonds is 4. The number of phenolic OH excluding ortho intramolecular Hbond substituents is 1. The highest BCUT2D eigenvalue weighted by Crippen LogP contribution is 2.18. The summed E-state index contributed by atoms with van der Waals surface area (Å²) in [6.45, 7) is 0. The van der Waals surface area contributed by atoms with E-state index in [0.717, 1.165) is 6.26 Å². The van der Waals surface area contributed by atoms with Gasteiger partial charge in [0, 0.05) is 11.8 Å². The van der Waals surface area contributed by atoms with Crippen LogP contribution in [0.4, 0.5) is 0 Å². The van der Waals surface area contributed by atoms with E-state index in [1.54, 1.807) is 24.3 Å². The minimum Gasteiger partial charge on any atom is -0.508 e. The van der Waals surface area contributed by atoms with Crippen LogP contribution in [-0.2, 0) is 22.0 Å². The van der Waals surface area contributed by atoms with Gasteiger partial charge in [0.05, 0.1) is 6.42 Å². The molecule has 96 valence electrons. The Morgan fingerprint density at radius 2 is 2.06 bits per heavy atom.